The van der Waals surface area contributed by atoms with Crippen LogP contribution in [0, 0.1) is 0 Å². The van der Waals surface area contributed by atoms with Crippen molar-refractivity contribution in [3.63, 3.8) is 0 Å². The van der Waals surface area contributed by atoms with Crippen LogP contribution in [-0.2, 0) is 0 Å². The molecule has 0 saturated carbocycles. The molecular formula is C12H11N5S. The Morgan fingerprint density at radius 1 is 1.28 bits per heavy atom. The third-order valence-electron chi connectivity index (χ3n) is 2.79. The van der Waals surface area contributed by atoms with Crippen molar-refractivity contribution in [2.24, 2.45) is 5.84 Å². The van der Waals surface area contributed by atoms with Gasteiger partial charge in [0.2, 0.25) is 0 Å². The zero-order chi connectivity index (χ0) is 12.4. The van der Waals surface area contributed by atoms with Gasteiger partial charge in [0.05, 0.1) is 22.6 Å². The van der Waals surface area contributed by atoms with E-state index in [1.807, 2.05) is 24.3 Å². The summed E-state index contributed by atoms with van der Waals surface area (Å²) >= 11 is 1.34. The number of hydrogen-bond acceptors (Lipinski definition) is 6. The Labute approximate surface area is 108 Å². The number of aromatic nitrogens is 3. The first-order chi connectivity index (χ1) is 8.88. The Balaban J connectivity index is 2.07. The summed E-state index contributed by atoms with van der Waals surface area (Å²) in [4.78, 5) is 5.28. The smallest absolute Gasteiger partial charge is 0.0835 e. The molecule has 0 aliphatic rings. The molecule has 3 aromatic rings. The lowest BCUT2D eigenvalue weighted by Gasteiger charge is -2.14. The second-order valence-electron chi connectivity index (χ2n) is 3.88. The maximum atomic E-state index is 5.63. The molecule has 5 nitrogen and oxygen atoms in total. The van der Waals surface area contributed by atoms with Gasteiger partial charge in [0.1, 0.15) is 0 Å². The van der Waals surface area contributed by atoms with Crippen molar-refractivity contribution in [1.82, 2.24) is 20.0 Å². The number of hydrazine groups is 1. The Bertz CT molecular complexity index is 652. The molecule has 1 aromatic carbocycles. The lowest BCUT2D eigenvalue weighted by atomic mass is 10.0. The van der Waals surface area contributed by atoms with Crippen LogP contribution in [0.4, 0.5) is 0 Å². The summed E-state index contributed by atoms with van der Waals surface area (Å²) < 4.78 is 3.86. The third kappa shape index (κ3) is 1.97. The molecule has 3 N–H and O–H groups in total. The first-order valence-electron chi connectivity index (χ1n) is 5.46. The maximum Gasteiger partial charge on any atom is 0.0835 e. The van der Waals surface area contributed by atoms with Gasteiger partial charge in [0, 0.05) is 11.6 Å². The zero-order valence-corrected chi connectivity index (χ0v) is 10.3. The van der Waals surface area contributed by atoms with Crippen LogP contribution in [0.2, 0.25) is 0 Å². The predicted octanol–water partition coefficient (Wildman–Crippen LogP) is 1.64. The van der Waals surface area contributed by atoms with Crippen molar-refractivity contribution in [1.29, 1.82) is 0 Å². The maximum absolute atomic E-state index is 5.63. The van der Waals surface area contributed by atoms with Crippen LogP contribution in [0.25, 0.3) is 10.9 Å². The van der Waals surface area contributed by atoms with Crippen molar-refractivity contribution in [3.05, 3.63) is 53.2 Å². The monoisotopic (exact) mass is 257 g/mol. The molecule has 0 fully saturated rings. The van der Waals surface area contributed by atoms with Gasteiger partial charge in [-0.2, -0.15) is 0 Å². The molecule has 0 aliphatic heterocycles. The molecule has 0 bridgehead atoms. The normalized spacial score (nSPS) is 12.7. The van der Waals surface area contributed by atoms with Crippen LogP contribution in [-0.4, -0.2) is 14.6 Å². The van der Waals surface area contributed by atoms with E-state index < -0.39 is 0 Å². The number of benzene rings is 1. The van der Waals surface area contributed by atoms with E-state index in [0.29, 0.717) is 0 Å². The number of hydrogen-bond donors (Lipinski definition) is 2. The second kappa shape index (κ2) is 4.77. The number of pyridine rings is 1. The molecule has 90 valence electrons. The van der Waals surface area contributed by atoms with Crippen molar-refractivity contribution in [3.8, 4) is 0 Å². The quantitative estimate of drug-likeness (QED) is 0.551. The summed E-state index contributed by atoms with van der Waals surface area (Å²) in [5.74, 6) is 5.63. The van der Waals surface area contributed by atoms with Gasteiger partial charge in [-0.15, -0.1) is 5.10 Å². The average molecular weight is 257 g/mol. The minimum absolute atomic E-state index is 0.0883. The average Bonchev–Trinajstić information content (AvgIpc) is 2.93. The molecule has 6 heteroatoms. The highest BCUT2D eigenvalue weighted by Crippen LogP contribution is 2.25. The van der Waals surface area contributed by atoms with Crippen LogP contribution < -0.4 is 11.3 Å². The van der Waals surface area contributed by atoms with Gasteiger partial charge in [-0.05, 0) is 35.3 Å². The summed E-state index contributed by atoms with van der Waals surface area (Å²) in [6.07, 6.45) is 3.51. The van der Waals surface area contributed by atoms with Gasteiger partial charge >= 0.3 is 0 Å². The van der Waals surface area contributed by atoms with Crippen LogP contribution >= 0.6 is 11.5 Å². The van der Waals surface area contributed by atoms with E-state index in [9.17, 15) is 0 Å². The highest BCUT2D eigenvalue weighted by molar-refractivity contribution is 7.05. The van der Waals surface area contributed by atoms with E-state index in [4.69, 9.17) is 5.84 Å². The first-order valence-corrected chi connectivity index (χ1v) is 6.24. The summed E-state index contributed by atoms with van der Waals surface area (Å²) in [5, 5.41) is 4.93. The molecule has 0 amide bonds. The van der Waals surface area contributed by atoms with E-state index in [2.05, 4.69) is 26.1 Å². The fourth-order valence-corrected chi connectivity index (χ4v) is 2.51. The fourth-order valence-electron chi connectivity index (χ4n) is 1.92. The summed E-state index contributed by atoms with van der Waals surface area (Å²) in [6, 6.07) is 9.94. The topological polar surface area (TPSA) is 76.7 Å². The van der Waals surface area contributed by atoms with E-state index >= 15 is 0 Å². The van der Waals surface area contributed by atoms with Gasteiger partial charge < -0.3 is 0 Å². The molecule has 0 saturated heterocycles. The predicted molar refractivity (Wildman–Crippen MR) is 70.8 cm³/mol. The highest BCUT2D eigenvalue weighted by atomic mass is 32.1. The Morgan fingerprint density at radius 2 is 2.22 bits per heavy atom. The van der Waals surface area contributed by atoms with Crippen molar-refractivity contribution >= 4 is 22.4 Å². The molecule has 0 radical (unpaired) electrons. The molecular weight excluding hydrogens is 246 g/mol. The van der Waals surface area contributed by atoms with Crippen molar-refractivity contribution in [2.45, 2.75) is 6.04 Å². The van der Waals surface area contributed by atoms with Crippen LogP contribution in [0.3, 0.4) is 0 Å². The molecule has 0 aliphatic carbocycles. The zero-order valence-electron chi connectivity index (χ0n) is 9.45. The number of nitrogens with one attached hydrogen (secondary N) is 1. The standard InChI is InChI=1S/C12H11N5S/c13-16-12(11-7-15-17-18-11)9-3-4-10-8(6-9)2-1-5-14-10/h1-7,12,16H,13H2. The number of nitrogens with two attached hydrogens (primary N) is 1. The summed E-state index contributed by atoms with van der Waals surface area (Å²) in [6.45, 7) is 0. The van der Waals surface area contributed by atoms with Gasteiger partial charge in [-0.1, -0.05) is 16.6 Å². The van der Waals surface area contributed by atoms with Gasteiger partial charge in [0.15, 0.2) is 0 Å². The Kier molecular flexibility index (Phi) is 2.97. The third-order valence-corrected chi connectivity index (χ3v) is 3.52. The van der Waals surface area contributed by atoms with Gasteiger partial charge in [-0.3, -0.25) is 10.8 Å². The molecule has 3 rings (SSSR count). The second-order valence-corrected chi connectivity index (χ2v) is 4.69. The molecule has 2 heterocycles. The van der Waals surface area contributed by atoms with Crippen molar-refractivity contribution in [2.75, 3.05) is 0 Å². The van der Waals surface area contributed by atoms with Gasteiger partial charge in [-0.25, -0.2) is 5.43 Å². The number of nitrogens with zero attached hydrogens (tertiary/aromatic N) is 3. The van der Waals surface area contributed by atoms with Crippen LogP contribution in [0.5, 0.6) is 0 Å². The molecule has 1 atom stereocenters. The molecule has 2 aromatic heterocycles. The minimum Gasteiger partial charge on any atom is -0.271 e. The molecule has 0 spiro atoms. The van der Waals surface area contributed by atoms with E-state index in [-0.39, 0.29) is 6.04 Å². The lowest BCUT2D eigenvalue weighted by molar-refractivity contribution is 0.646. The number of rotatable bonds is 3. The van der Waals surface area contributed by atoms with Crippen LogP contribution in [0.15, 0.2) is 42.7 Å². The molecule has 18 heavy (non-hydrogen) atoms. The minimum atomic E-state index is -0.0883. The SMILES string of the molecule is NNC(c1ccc2ncccc2c1)c1cnns1. The largest absolute Gasteiger partial charge is 0.271 e. The van der Waals surface area contributed by atoms with Gasteiger partial charge in [0.25, 0.3) is 0 Å². The van der Waals surface area contributed by atoms with E-state index in [1.165, 1.54) is 11.5 Å². The first kappa shape index (κ1) is 11.2. The lowest BCUT2D eigenvalue weighted by Crippen LogP contribution is -2.28. The number of fused-ring (bicyclic) bond motifs is 1. The van der Waals surface area contributed by atoms with E-state index in [0.717, 1.165) is 21.3 Å². The highest BCUT2D eigenvalue weighted by Gasteiger charge is 2.15. The Hall–Kier alpha value is -1.89. The fraction of sp³-hybridized carbons (Fsp3) is 0.0833. The Morgan fingerprint density at radius 3 is 3.00 bits per heavy atom. The van der Waals surface area contributed by atoms with Crippen LogP contribution in [0.1, 0.15) is 16.5 Å². The summed E-state index contributed by atoms with van der Waals surface area (Å²) in [7, 11) is 0. The van der Waals surface area contributed by atoms with E-state index in [1.54, 1.807) is 12.4 Å². The summed E-state index contributed by atoms with van der Waals surface area (Å²) in [5.41, 5.74) is 4.84. The van der Waals surface area contributed by atoms with Crippen molar-refractivity contribution < 1.29 is 0 Å². The molecule has 1 unspecified atom stereocenters.